The van der Waals surface area contributed by atoms with Crippen LogP contribution < -0.4 is 16.4 Å². The molecule has 0 radical (unpaired) electrons. The van der Waals surface area contributed by atoms with Crippen molar-refractivity contribution in [2.75, 3.05) is 24.1 Å². The fourth-order valence-electron chi connectivity index (χ4n) is 5.08. The Labute approximate surface area is 248 Å². The molecule has 5 rings (SSSR count). The van der Waals surface area contributed by atoms with Crippen molar-refractivity contribution in [3.05, 3.63) is 95.6 Å². The first-order valence-electron chi connectivity index (χ1n) is 14.1. The Hall–Kier alpha value is -4.38. The van der Waals surface area contributed by atoms with Gasteiger partial charge in [-0.15, -0.1) is 0 Å². The third kappa shape index (κ3) is 9.31. The lowest BCUT2D eigenvalue weighted by Crippen LogP contribution is -2.45. The van der Waals surface area contributed by atoms with Crippen LogP contribution in [0.1, 0.15) is 53.1 Å². The summed E-state index contributed by atoms with van der Waals surface area (Å²) < 4.78 is 31.7. The number of nitrogens with one attached hydrogen (secondary N) is 2. The summed E-state index contributed by atoms with van der Waals surface area (Å²) in [4.78, 5) is 36.2. The maximum atomic E-state index is 12.8. The number of nitrogens with zero attached hydrogens (tertiary/aromatic N) is 1. The van der Waals surface area contributed by atoms with E-state index in [0.717, 1.165) is 31.5 Å². The number of halogens is 3. The number of amides is 2. The van der Waals surface area contributed by atoms with Gasteiger partial charge in [0.1, 0.15) is 0 Å². The Morgan fingerprint density at radius 3 is 2.12 bits per heavy atom. The Morgan fingerprint density at radius 2 is 1.51 bits per heavy atom. The zero-order valence-corrected chi connectivity index (χ0v) is 23.5. The molecule has 2 unspecified atom stereocenters. The molecule has 1 heterocycles. The van der Waals surface area contributed by atoms with Crippen molar-refractivity contribution in [2.45, 2.75) is 56.3 Å². The third-order valence-corrected chi connectivity index (χ3v) is 7.61. The molecule has 1 saturated heterocycles. The number of likely N-dealkylation sites (tertiary alicyclic amines) is 1. The highest BCUT2D eigenvalue weighted by Crippen LogP contribution is 2.41. The summed E-state index contributed by atoms with van der Waals surface area (Å²) >= 11 is 0. The van der Waals surface area contributed by atoms with E-state index in [9.17, 15) is 22.8 Å². The number of carbonyl (C=O) groups is 3. The molecule has 2 fully saturated rings. The SMILES string of the molecule is Nc1ccccc1NC(=O)c1ccc(CCC(=O)N2CCC(NC3CC3c3ccccc3)CC2)cc1.O=C(O)C(F)(F)F. The minimum Gasteiger partial charge on any atom is -0.475 e. The van der Waals surface area contributed by atoms with Crippen molar-refractivity contribution in [3.8, 4) is 0 Å². The number of benzene rings is 3. The second-order valence-electron chi connectivity index (χ2n) is 10.7. The van der Waals surface area contributed by atoms with Crippen LogP contribution >= 0.6 is 0 Å². The summed E-state index contributed by atoms with van der Waals surface area (Å²) in [7, 11) is 0. The van der Waals surface area contributed by atoms with Crippen LogP contribution in [0.25, 0.3) is 0 Å². The molecule has 228 valence electrons. The molecule has 0 spiro atoms. The summed E-state index contributed by atoms with van der Waals surface area (Å²) in [6.07, 6.45) is -0.683. The van der Waals surface area contributed by atoms with Crippen LogP contribution in [0, 0.1) is 0 Å². The molecule has 8 nitrogen and oxygen atoms in total. The minimum absolute atomic E-state index is 0.201. The van der Waals surface area contributed by atoms with Gasteiger partial charge in [-0.3, -0.25) is 9.59 Å². The van der Waals surface area contributed by atoms with E-state index in [-0.39, 0.29) is 11.8 Å². The van der Waals surface area contributed by atoms with Gasteiger partial charge in [0.25, 0.3) is 5.91 Å². The van der Waals surface area contributed by atoms with Crippen LogP contribution in [0.3, 0.4) is 0 Å². The maximum absolute atomic E-state index is 12.8. The molecule has 0 bridgehead atoms. The van der Waals surface area contributed by atoms with Crippen molar-refractivity contribution in [3.63, 3.8) is 0 Å². The van der Waals surface area contributed by atoms with Crippen LogP contribution in [-0.4, -0.2) is 59.1 Å². The molecule has 2 aliphatic rings. The van der Waals surface area contributed by atoms with Crippen LogP contribution in [0.4, 0.5) is 24.5 Å². The lowest BCUT2D eigenvalue weighted by Gasteiger charge is -2.33. The first-order valence-corrected chi connectivity index (χ1v) is 14.1. The number of carbonyl (C=O) groups excluding carboxylic acids is 2. The van der Waals surface area contributed by atoms with Crippen LogP contribution in [0.2, 0.25) is 0 Å². The molecule has 1 saturated carbocycles. The number of rotatable bonds is 8. The quantitative estimate of drug-likeness (QED) is 0.264. The topological polar surface area (TPSA) is 125 Å². The van der Waals surface area contributed by atoms with Gasteiger partial charge in [-0.05, 0) is 61.1 Å². The molecule has 11 heteroatoms. The van der Waals surface area contributed by atoms with Gasteiger partial charge in [0.15, 0.2) is 0 Å². The highest BCUT2D eigenvalue weighted by atomic mass is 19.4. The number of carboxylic acids is 1. The van der Waals surface area contributed by atoms with Crippen LogP contribution in [-0.2, 0) is 16.0 Å². The molecular weight excluding hydrogens is 561 g/mol. The number of hydrogen-bond donors (Lipinski definition) is 4. The van der Waals surface area contributed by atoms with E-state index < -0.39 is 12.1 Å². The second kappa shape index (κ2) is 14.2. The smallest absolute Gasteiger partial charge is 0.475 e. The number of carboxylic acid groups (broad SMARTS) is 1. The molecule has 1 aliphatic carbocycles. The van der Waals surface area contributed by atoms with Crippen molar-refractivity contribution in [2.24, 2.45) is 0 Å². The van der Waals surface area contributed by atoms with Gasteiger partial charge >= 0.3 is 12.1 Å². The summed E-state index contributed by atoms with van der Waals surface area (Å²) in [5.74, 6) is -2.11. The van der Waals surface area contributed by atoms with Crippen molar-refractivity contribution in [1.29, 1.82) is 0 Å². The number of aryl methyl sites for hydroxylation is 1. The Kier molecular flexibility index (Phi) is 10.4. The average molecular weight is 597 g/mol. The van der Waals surface area contributed by atoms with Crippen molar-refractivity contribution >= 4 is 29.2 Å². The van der Waals surface area contributed by atoms with Crippen molar-refractivity contribution < 1.29 is 32.7 Å². The van der Waals surface area contributed by atoms with Gasteiger partial charge < -0.3 is 26.4 Å². The number of anilines is 2. The van der Waals surface area contributed by atoms with Gasteiger partial charge in [-0.2, -0.15) is 13.2 Å². The largest absolute Gasteiger partial charge is 0.490 e. The molecule has 3 aromatic rings. The number of piperidine rings is 1. The van der Waals surface area contributed by atoms with Gasteiger partial charge in [-0.25, -0.2) is 4.79 Å². The number of nitrogens with two attached hydrogens (primary N) is 1. The predicted molar refractivity (Wildman–Crippen MR) is 158 cm³/mol. The highest BCUT2D eigenvalue weighted by Gasteiger charge is 2.40. The molecule has 2 atom stereocenters. The Morgan fingerprint density at radius 1 is 0.907 bits per heavy atom. The fourth-order valence-corrected chi connectivity index (χ4v) is 5.08. The van der Waals surface area contributed by atoms with Crippen LogP contribution in [0.5, 0.6) is 0 Å². The van der Waals surface area contributed by atoms with Gasteiger partial charge in [0, 0.05) is 43.1 Å². The van der Waals surface area contributed by atoms with Gasteiger partial charge in [0.05, 0.1) is 11.4 Å². The lowest BCUT2D eigenvalue weighted by molar-refractivity contribution is -0.192. The molecular formula is C32H35F3N4O4. The van der Waals surface area contributed by atoms with E-state index in [2.05, 4.69) is 41.0 Å². The lowest BCUT2D eigenvalue weighted by atomic mass is 10.0. The number of nitrogen functional groups attached to an aromatic ring is 1. The average Bonchev–Trinajstić information content (AvgIpc) is 3.77. The van der Waals surface area contributed by atoms with E-state index in [1.165, 1.54) is 12.0 Å². The standard InChI is InChI=1S/C30H34N4O2.C2HF3O2/c31-26-8-4-5-9-27(26)33-30(36)23-13-10-21(11-14-23)12-15-29(35)34-18-16-24(17-19-34)32-28-20-25(28)22-6-2-1-3-7-22;3-2(4,5)1(6)7/h1-11,13-14,24-25,28,32H,12,15-20,31H2,(H,33,36);(H,6,7). The van der Waals surface area contributed by atoms with Crippen molar-refractivity contribution in [1.82, 2.24) is 10.2 Å². The maximum Gasteiger partial charge on any atom is 0.490 e. The van der Waals surface area contributed by atoms with E-state index in [1.807, 2.05) is 29.2 Å². The van der Waals surface area contributed by atoms with Gasteiger partial charge in [-0.1, -0.05) is 54.6 Å². The second-order valence-corrected chi connectivity index (χ2v) is 10.7. The zero-order valence-electron chi connectivity index (χ0n) is 23.5. The van der Waals surface area contributed by atoms with E-state index in [0.29, 0.717) is 47.8 Å². The summed E-state index contributed by atoms with van der Waals surface area (Å²) in [5, 5.41) is 13.8. The molecule has 2 amide bonds. The third-order valence-electron chi connectivity index (χ3n) is 7.61. The van der Waals surface area contributed by atoms with Crippen LogP contribution in [0.15, 0.2) is 78.9 Å². The number of aliphatic carboxylic acids is 1. The summed E-state index contributed by atoms with van der Waals surface area (Å²) in [6.45, 7) is 1.64. The monoisotopic (exact) mass is 596 g/mol. The minimum atomic E-state index is -5.08. The Balaban J connectivity index is 0.000000541. The molecule has 43 heavy (non-hydrogen) atoms. The molecule has 0 aromatic heterocycles. The molecule has 3 aromatic carbocycles. The first-order chi connectivity index (χ1) is 20.5. The number of para-hydroxylation sites is 2. The molecule has 5 N–H and O–H groups in total. The predicted octanol–water partition coefficient (Wildman–Crippen LogP) is 5.22. The fraction of sp³-hybridized carbons (Fsp3) is 0.344. The zero-order chi connectivity index (χ0) is 31.0. The van der Waals surface area contributed by atoms with Gasteiger partial charge in [0.2, 0.25) is 5.91 Å². The first kappa shape index (κ1) is 31.6. The summed E-state index contributed by atoms with van der Waals surface area (Å²) in [6, 6.07) is 26.4. The van der Waals surface area contributed by atoms with E-state index in [1.54, 1.807) is 24.3 Å². The number of hydrogen-bond acceptors (Lipinski definition) is 5. The van der Waals surface area contributed by atoms with E-state index >= 15 is 0 Å². The van der Waals surface area contributed by atoms with E-state index in [4.69, 9.17) is 15.6 Å². The molecule has 1 aliphatic heterocycles. The number of alkyl halides is 3. The Bertz CT molecular complexity index is 1390. The normalized spacial score (nSPS) is 18.3. The summed E-state index contributed by atoms with van der Waals surface area (Å²) in [5.41, 5.74) is 10.1. The highest BCUT2D eigenvalue weighted by molar-refractivity contribution is 6.05.